The molecule has 0 aliphatic rings. The summed E-state index contributed by atoms with van der Waals surface area (Å²) in [7, 11) is 0. The Bertz CT molecular complexity index is 519. The van der Waals surface area contributed by atoms with E-state index in [1.807, 2.05) is 24.3 Å². The Morgan fingerprint density at radius 2 is 1.79 bits per heavy atom. The van der Waals surface area contributed by atoms with E-state index in [4.69, 9.17) is 4.74 Å². The lowest BCUT2D eigenvalue weighted by Crippen LogP contribution is -2.17. The summed E-state index contributed by atoms with van der Waals surface area (Å²) in [6.07, 6.45) is 0. The molecule has 100 valence electrons. The normalized spacial score (nSPS) is 12.2. The van der Waals surface area contributed by atoms with E-state index < -0.39 is 0 Å². The van der Waals surface area contributed by atoms with Crippen molar-refractivity contribution in [2.24, 2.45) is 0 Å². The van der Waals surface area contributed by atoms with Crippen molar-refractivity contribution in [1.29, 1.82) is 0 Å². The second-order valence-corrected chi connectivity index (χ2v) is 4.77. The maximum absolute atomic E-state index is 5.87. The third-order valence-corrected chi connectivity index (χ3v) is 3.13. The van der Waals surface area contributed by atoms with Gasteiger partial charge in [0.1, 0.15) is 11.5 Å². The first kappa shape index (κ1) is 13.6. The molecule has 1 atom stereocenters. The minimum atomic E-state index is 0.339. The first-order valence-corrected chi connectivity index (χ1v) is 6.77. The highest BCUT2D eigenvalue weighted by atomic mass is 16.5. The molecule has 2 nitrogen and oxygen atoms in total. The third-order valence-electron chi connectivity index (χ3n) is 3.13. The van der Waals surface area contributed by atoms with Crippen LogP contribution < -0.4 is 10.1 Å². The Hall–Kier alpha value is -1.80. The van der Waals surface area contributed by atoms with E-state index in [9.17, 15) is 0 Å². The Labute approximate surface area is 115 Å². The van der Waals surface area contributed by atoms with Crippen LogP contribution >= 0.6 is 0 Å². The van der Waals surface area contributed by atoms with Crippen LogP contribution in [0, 0.1) is 6.92 Å². The number of aryl methyl sites for hydroxylation is 1. The molecule has 0 aliphatic heterocycles. The number of ether oxygens (including phenoxy) is 1. The second-order valence-electron chi connectivity index (χ2n) is 4.77. The predicted octanol–water partition coefficient (Wildman–Crippen LogP) is 4.46. The quantitative estimate of drug-likeness (QED) is 0.851. The maximum Gasteiger partial charge on any atom is 0.127 e. The molecule has 0 bridgehead atoms. The van der Waals surface area contributed by atoms with Crippen LogP contribution in [0.25, 0.3) is 0 Å². The summed E-state index contributed by atoms with van der Waals surface area (Å²) in [4.78, 5) is 0. The summed E-state index contributed by atoms with van der Waals surface area (Å²) in [6.45, 7) is 7.31. The van der Waals surface area contributed by atoms with Gasteiger partial charge in [0.2, 0.25) is 0 Å². The Morgan fingerprint density at radius 1 is 1.05 bits per heavy atom. The molecule has 19 heavy (non-hydrogen) atoms. The standard InChI is InChI=1S/C17H21NO/c1-4-18-14(3)15-6-5-7-17(12-15)19-16-10-8-13(2)9-11-16/h5-12,14,18H,4H2,1-3H3. The second kappa shape index (κ2) is 6.39. The maximum atomic E-state index is 5.87. The van der Waals surface area contributed by atoms with Gasteiger partial charge >= 0.3 is 0 Å². The summed E-state index contributed by atoms with van der Waals surface area (Å²) in [5.74, 6) is 1.75. The molecule has 0 saturated carbocycles. The molecule has 2 aromatic carbocycles. The van der Waals surface area contributed by atoms with Crippen molar-refractivity contribution in [3.63, 3.8) is 0 Å². The van der Waals surface area contributed by atoms with E-state index in [0.29, 0.717) is 6.04 Å². The monoisotopic (exact) mass is 255 g/mol. The van der Waals surface area contributed by atoms with E-state index in [1.165, 1.54) is 11.1 Å². The summed E-state index contributed by atoms with van der Waals surface area (Å²) >= 11 is 0. The highest BCUT2D eigenvalue weighted by Crippen LogP contribution is 2.24. The fourth-order valence-electron chi connectivity index (χ4n) is 2.01. The number of hydrogen-bond acceptors (Lipinski definition) is 2. The van der Waals surface area contributed by atoms with Gasteiger partial charge in [-0.05, 0) is 50.2 Å². The van der Waals surface area contributed by atoms with Crippen LogP contribution in [0.3, 0.4) is 0 Å². The van der Waals surface area contributed by atoms with E-state index in [2.05, 4.69) is 50.4 Å². The molecule has 0 heterocycles. The molecule has 1 unspecified atom stereocenters. The Morgan fingerprint density at radius 3 is 2.47 bits per heavy atom. The SMILES string of the molecule is CCNC(C)c1cccc(Oc2ccc(C)cc2)c1. The minimum Gasteiger partial charge on any atom is -0.457 e. The minimum absolute atomic E-state index is 0.339. The zero-order valence-electron chi connectivity index (χ0n) is 11.8. The van der Waals surface area contributed by atoms with Crippen molar-refractivity contribution in [1.82, 2.24) is 5.32 Å². The van der Waals surface area contributed by atoms with Crippen LogP contribution in [0.15, 0.2) is 48.5 Å². The molecule has 0 radical (unpaired) electrons. The van der Waals surface area contributed by atoms with Crippen molar-refractivity contribution in [3.05, 3.63) is 59.7 Å². The third kappa shape index (κ3) is 3.83. The fraction of sp³-hybridized carbons (Fsp3) is 0.294. The van der Waals surface area contributed by atoms with Gasteiger partial charge in [-0.2, -0.15) is 0 Å². The average molecular weight is 255 g/mol. The van der Waals surface area contributed by atoms with Gasteiger partial charge in [-0.1, -0.05) is 36.8 Å². The zero-order chi connectivity index (χ0) is 13.7. The first-order valence-electron chi connectivity index (χ1n) is 6.77. The average Bonchev–Trinajstić information content (AvgIpc) is 2.42. The molecule has 0 fully saturated rings. The molecular formula is C17H21NO. The van der Waals surface area contributed by atoms with Gasteiger partial charge in [0.25, 0.3) is 0 Å². The first-order chi connectivity index (χ1) is 9.19. The summed E-state index contributed by atoms with van der Waals surface area (Å²) < 4.78 is 5.87. The van der Waals surface area contributed by atoms with Crippen LogP contribution in [0.4, 0.5) is 0 Å². The van der Waals surface area contributed by atoms with E-state index in [0.717, 1.165) is 18.0 Å². The molecule has 0 saturated heterocycles. The Balaban J connectivity index is 2.12. The molecule has 2 heteroatoms. The Kier molecular flexibility index (Phi) is 4.58. The smallest absolute Gasteiger partial charge is 0.127 e. The fourth-order valence-corrected chi connectivity index (χ4v) is 2.01. The molecular weight excluding hydrogens is 234 g/mol. The van der Waals surface area contributed by atoms with Crippen molar-refractivity contribution < 1.29 is 4.74 Å². The van der Waals surface area contributed by atoms with Crippen molar-refractivity contribution >= 4 is 0 Å². The summed E-state index contributed by atoms with van der Waals surface area (Å²) in [5, 5.41) is 3.40. The zero-order valence-corrected chi connectivity index (χ0v) is 11.8. The van der Waals surface area contributed by atoms with Gasteiger partial charge in [-0.15, -0.1) is 0 Å². The van der Waals surface area contributed by atoms with Crippen molar-refractivity contribution in [2.75, 3.05) is 6.54 Å². The lowest BCUT2D eigenvalue weighted by Gasteiger charge is -2.14. The highest BCUT2D eigenvalue weighted by Gasteiger charge is 2.05. The lowest BCUT2D eigenvalue weighted by molar-refractivity contribution is 0.480. The lowest BCUT2D eigenvalue weighted by atomic mass is 10.1. The van der Waals surface area contributed by atoms with Crippen molar-refractivity contribution in [3.8, 4) is 11.5 Å². The van der Waals surface area contributed by atoms with E-state index in [1.54, 1.807) is 0 Å². The number of rotatable bonds is 5. The topological polar surface area (TPSA) is 21.3 Å². The highest BCUT2D eigenvalue weighted by molar-refractivity contribution is 5.35. The van der Waals surface area contributed by atoms with Gasteiger partial charge in [0.15, 0.2) is 0 Å². The van der Waals surface area contributed by atoms with Crippen LogP contribution in [-0.4, -0.2) is 6.54 Å². The molecule has 0 aromatic heterocycles. The van der Waals surface area contributed by atoms with E-state index in [-0.39, 0.29) is 0 Å². The van der Waals surface area contributed by atoms with E-state index >= 15 is 0 Å². The molecule has 2 rings (SSSR count). The molecule has 0 spiro atoms. The number of nitrogens with one attached hydrogen (secondary N) is 1. The predicted molar refractivity (Wildman–Crippen MR) is 79.8 cm³/mol. The van der Waals surface area contributed by atoms with Gasteiger partial charge in [0.05, 0.1) is 0 Å². The van der Waals surface area contributed by atoms with Crippen molar-refractivity contribution in [2.45, 2.75) is 26.8 Å². The molecule has 1 N–H and O–H groups in total. The largest absolute Gasteiger partial charge is 0.457 e. The van der Waals surface area contributed by atoms with Crippen LogP contribution in [-0.2, 0) is 0 Å². The summed E-state index contributed by atoms with van der Waals surface area (Å²) in [6, 6.07) is 16.7. The number of hydrogen-bond donors (Lipinski definition) is 1. The molecule has 2 aromatic rings. The molecule has 0 amide bonds. The number of benzene rings is 2. The van der Waals surface area contributed by atoms with Crippen LogP contribution in [0.5, 0.6) is 11.5 Å². The van der Waals surface area contributed by atoms with Gasteiger partial charge in [0, 0.05) is 6.04 Å². The van der Waals surface area contributed by atoms with Gasteiger partial charge in [-0.25, -0.2) is 0 Å². The van der Waals surface area contributed by atoms with Crippen LogP contribution in [0.2, 0.25) is 0 Å². The molecule has 0 aliphatic carbocycles. The van der Waals surface area contributed by atoms with Crippen LogP contribution in [0.1, 0.15) is 31.0 Å². The summed E-state index contributed by atoms with van der Waals surface area (Å²) in [5.41, 5.74) is 2.48. The van der Waals surface area contributed by atoms with Gasteiger partial charge < -0.3 is 10.1 Å². The van der Waals surface area contributed by atoms with Gasteiger partial charge in [-0.3, -0.25) is 0 Å².